The molecule has 0 N–H and O–H groups in total. The summed E-state index contributed by atoms with van der Waals surface area (Å²) in [6.45, 7) is 4.57. The van der Waals surface area contributed by atoms with Crippen LogP contribution in [-0.2, 0) is 5.41 Å². The second-order valence-corrected chi connectivity index (χ2v) is 15.9. The molecule has 11 rings (SSSR count). The predicted octanol–water partition coefficient (Wildman–Crippen LogP) is 3.37. The fourth-order valence-corrected chi connectivity index (χ4v) is 10.0. The molecule has 5 heterocycles. The minimum atomic E-state index is -0.337. The van der Waals surface area contributed by atoms with Crippen molar-refractivity contribution in [3.05, 3.63) is 96.1 Å². The van der Waals surface area contributed by atoms with E-state index in [2.05, 4.69) is 79.1 Å². The van der Waals surface area contributed by atoms with Gasteiger partial charge < -0.3 is 8.98 Å². The van der Waals surface area contributed by atoms with Gasteiger partial charge in [0.05, 0.1) is 32.6 Å². The van der Waals surface area contributed by atoms with Gasteiger partial charge in [-0.05, 0) is 41.5 Å². The summed E-state index contributed by atoms with van der Waals surface area (Å²) in [5.41, 5.74) is 9.83. The first kappa shape index (κ1) is 33.0. The predicted molar refractivity (Wildman–Crippen MR) is 237 cm³/mol. The summed E-state index contributed by atoms with van der Waals surface area (Å²) in [5.74, 6) is 0.501. The normalized spacial score (nSPS) is 13.6. The monoisotopic (exact) mass is 703 g/mol. The fourth-order valence-electron chi connectivity index (χ4n) is 8.80. The first-order valence-electron chi connectivity index (χ1n) is 17.8. The summed E-state index contributed by atoms with van der Waals surface area (Å²) < 4.78 is 11.5. The number of rotatable bonds is 2. The van der Waals surface area contributed by atoms with E-state index in [1.807, 2.05) is 35.6 Å². The number of para-hydroxylation sites is 2. The average molecular weight is 702 g/mol. The summed E-state index contributed by atoms with van der Waals surface area (Å²) in [6, 6.07) is 29.5. The van der Waals surface area contributed by atoms with Crippen molar-refractivity contribution >= 4 is 169 Å². The molecule has 240 valence electrons. The highest BCUT2D eigenvalue weighted by Gasteiger charge is 2.36. The van der Waals surface area contributed by atoms with E-state index >= 15 is 0 Å². The molecule has 4 nitrogen and oxygen atoms in total. The molecule has 14 radical (unpaired) electrons. The summed E-state index contributed by atoms with van der Waals surface area (Å²) >= 11 is 1.85. The lowest BCUT2D eigenvalue weighted by atomic mass is 9.64. The maximum absolute atomic E-state index is 6.85. The van der Waals surface area contributed by atoms with Crippen LogP contribution in [0.4, 0.5) is 0 Å². The van der Waals surface area contributed by atoms with Gasteiger partial charge in [-0.25, -0.2) is 9.97 Å². The molecule has 6 aromatic carbocycles. The van der Waals surface area contributed by atoms with Crippen LogP contribution in [0.5, 0.6) is 0 Å². The Morgan fingerprint density at radius 2 is 1.27 bits per heavy atom. The first-order valence-corrected chi connectivity index (χ1v) is 18.6. The highest BCUT2D eigenvalue weighted by Crippen LogP contribution is 2.51. The molecule has 0 fully saturated rings. The topological polar surface area (TPSA) is 43.9 Å². The average Bonchev–Trinajstić information content (AvgIpc) is 3.87. The largest absolute Gasteiger partial charge is 0.456 e. The molecule has 1 aliphatic rings. The van der Waals surface area contributed by atoms with Crippen LogP contribution in [0.2, 0.25) is 0 Å². The van der Waals surface area contributed by atoms with Gasteiger partial charge in [0.25, 0.3) is 0 Å². The molecule has 1 aliphatic heterocycles. The van der Waals surface area contributed by atoms with E-state index in [9.17, 15) is 0 Å². The number of benzene rings is 6. The number of fused-ring (bicyclic) bond motifs is 11. The lowest BCUT2D eigenvalue weighted by Gasteiger charge is -2.35. The molecule has 0 atom stereocenters. The van der Waals surface area contributed by atoms with Crippen LogP contribution in [0, 0.1) is 0 Å². The number of nitrogens with zero attached hydrogens (tertiary/aromatic N) is 3. The zero-order chi connectivity index (χ0) is 37.8. The van der Waals surface area contributed by atoms with Crippen molar-refractivity contribution in [1.82, 2.24) is 14.5 Å². The Balaban J connectivity index is 1.20. The smallest absolute Gasteiger partial charge is 0.160 e. The second-order valence-electron chi connectivity index (χ2n) is 14.9. The molecule has 0 bridgehead atoms. The lowest BCUT2D eigenvalue weighted by Crippen LogP contribution is -2.48. The third-order valence-electron chi connectivity index (χ3n) is 11.6. The Bertz CT molecular complexity index is 3400. The Labute approximate surface area is 329 Å². The van der Waals surface area contributed by atoms with Crippen molar-refractivity contribution in [2.24, 2.45) is 0 Å². The molecule has 4 aromatic heterocycles. The number of furan rings is 1. The molecule has 0 saturated carbocycles. The molecule has 0 unspecified atom stereocenters. The highest BCUT2D eigenvalue weighted by molar-refractivity contribution is 7.26. The van der Waals surface area contributed by atoms with Crippen molar-refractivity contribution in [2.75, 3.05) is 0 Å². The molecule has 0 saturated heterocycles. The summed E-state index contributed by atoms with van der Waals surface area (Å²) in [4.78, 5) is 10.4. The maximum atomic E-state index is 6.85. The van der Waals surface area contributed by atoms with Gasteiger partial charge in [-0.15, -0.1) is 27.7 Å². The molecular weight excluding hydrogens is 682 g/mol. The Kier molecular flexibility index (Phi) is 6.69. The quantitative estimate of drug-likeness (QED) is 0.260. The maximum Gasteiger partial charge on any atom is 0.160 e. The van der Waals surface area contributed by atoms with Crippen molar-refractivity contribution < 1.29 is 4.42 Å². The first-order chi connectivity index (χ1) is 26.5. The molecule has 10 aromatic rings. The number of hydrogen-bond donors (Lipinski definition) is 0. The van der Waals surface area contributed by atoms with Crippen LogP contribution in [0.3, 0.4) is 0 Å². The molecule has 0 aliphatic carbocycles. The van der Waals surface area contributed by atoms with Crippen LogP contribution in [0.25, 0.3) is 92.4 Å². The van der Waals surface area contributed by atoms with E-state index in [4.69, 9.17) is 69.3 Å². The van der Waals surface area contributed by atoms with Crippen molar-refractivity contribution in [1.29, 1.82) is 0 Å². The van der Waals surface area contributed by atoms with Gasteiger partial charge in [0.2, 0.25) is 0 Å². The number of aromatic nitrogens is 3. The van der Waals surface area contributed by atoms with E-state index in [1.165, 1.54) is 36.8 Å². The molecular formula is C43H20B7N3OS. The minimum absolute atomic E-state index is 0.117. The van der Waals surface area contributed by atoms with E-state index in [1.54, 1.807) is 0 Å². The lowest BCUT2D eigenvalue weighted by molar-refractivity contribution is 0.630. The third-order valence-corrected chi connectivity index (χ3v) is 12.8. The zero-order valence-corrected chi connectivity index (χ0v) is 30.6. The second kappa shape index (κ2) is 11.1. The minimum Gasteiger partial charge on any atom is -0.456 e. The van der Waals surface area contributed by atoms with Gasteiger partial charge in [-0.2, -0.15) is 0 Å². The summed E-state index contributed by atoms with van der Waals surface area (Å²) in [7, 11) is 45.7. The van der Waals surface area contributed by atoms with Gasteiger partial charge in [0.15, 0.2) is 5.82 Å². The highest BCUT2D eigenvalue weighted by atomic mass is 32.1. The molecule has 0 amide bonds. The van der Waals surface area contributed by atoms with E-state index in [-0.39, 0.29) is 49.2 Å². The van der Waals surface area contributed by atoms with E-state index in [0.717, 1.165) is 22.2 Å². The molecule has 12 heteroatoms. The Morgan fingerprint density at radius 3 is 2.07 bits per heavy atom. The Hall–Kier alpha value is -5.33. The zero-order valence-electron chi connectivity index (χ0n) is 29.8. The van der Waals surface area contributed by atoms with Crippen LogP contribution in [0.1, 0.15) is 25.0 Å². The van der Waals surface area contributed by atoms with E-state index in [0.29, 0.717) is 39.0 Å². The standard InChI is InChI=1S/C43H20B7N3OS/c1-43(2)21-11-7-10-20-37(21)53(38-19-9-4-6-13-25(19)55-41(20)38)24-15-14-17(16-22(24)43)42-51-23-12-5-3-8-18(23)36(52-42)28-31(46)32(47)29(44)26-27-30(45)33(48)34(49)35(50)40(27)54-39(26)28/h3-16H,1-2H3. The van der Waals surface area contributed by atoms with Gasteiger partial charge in [-0.3, -0.25) is 0 Å². The van der Waals surface area contributed by atoms with Gasteiger partial charge in [0, 0.05) is 48.2 Å². The third kappa shape index (κ3) is 4.16. The van der Waals surface area contributed by atoms with Gasteiger partial charge in [-0.1, -0.05) is 90.3 Å². The summed E-state index contributed by atoms with van der Waals surface area (Å²) in [6.07, 6.45) is 0. The number of thiophene rings is 1. The summed E-state index contributed by atoms with van der Waals surface area (Å²) in [5, 5.41) is 4.08. The van der Waals surface area contributed by atoms with Crippen LogP contribution in [0.15, 0.2) is 89.3 Å². The number of hydrogen-bond acceptors (Lipinski definition) is 4. The van der Waals surface area contributed by atoms with Gasteiger partial charge in [0.1, 0.15) is 66.1 Å². The molecule has 0 spiro atoms. The molecule has 55 heavy (non-hydrogen) atoms. The van der Waals surface area contributed by atoms with Crippen molar-refractivity contribution in [2.45, 2.75) is 19.3 Å². The Morgan fingerprint density at radius 1 is 0.600 bits per heavy atom. The van der Waals surface area contributed by atoms with Gasteiger partial charge >= 0.3 is 0 Å². The van der Waals surface area contributed by atoms with Crippen LogP contribution < -0.4 is 38.2 Å². The van der Waals surface area contributed by atoms with Crippen molar-refractivity contribution in [3.8, 4) is 28.3 Å². The van der Waals surface area contributed by atoms with Crippen LogP contribution in [-0.4, -0.2) is 69.5 Å². The van der Waals surface area contributed by atoms with E-state index < -0.39 is 0 Å². The van der Waals surface area contributed by atoms with Crippen molar-refractivity contribution in [3.63, 3.8) is 0 Å². The fraction of sp³-hybridized carbons (Fsp3) is 0.0698. The SMILES string of the molecule is [B]c1c([B])c([B])c2c(oc3c(-c4nc(-c5ccc6c(c5)C(C)(C)c5cccc7c8sc9ccccc9c8n-6c57)nc5ccccc45)c([B])c([B])c([B])c32)c1[B]. The van der Waals surface area contributed by atoms with Crippen LogP contribution >= 0.6 is 11.3 Å².